The molecule has 0 aromatic carbocycles. The summed E-state index contributed by atoms with van der Waals surface area (Å²) in [5.74, 6) is 4.86. The number of piperazine rings is 1. The van der Waals surface area contributed by atoms with Crippen LogP contribution in [0.25, 0.3) is 10.2 Å². The molecule has 4 saturated carbocycles. The number of rotatable bonds is 3. The lowest BCUT2D eigenvalue weighted by Crippen LogP contribution is -2.58. The lowest BCUT2D eigenvalue weighted by atomic mass is 9.49. The van der Waals surface area contributed by atoms with E-state index in [2.05, 4.69) is 27.8 Å². The van der Waals surface area contributed by atoms with Gasteiger partial charge in [0.15, 0.2) is 0 Å². The van der Waals surface area contributed by atoms with Crippen molar-refractivity contribution in [1.82, 2.24) is 14.9 Å². The molecule has 1 saturated heterocycles. The van der Waals surface area contributed by atoms with E-state index in [-0.39, 0.29) is 5.41 Å². The molecule has 160 valence electrons. The van der Waals surface area contributed by atoms with Gasteiger partial charge in [-0.2, -0.15) is 0 Å². The average molecular weight is 425 g/mol. The van der Waals surface area contributed by atoms with Gasteiger partial charge in [-0.1, -0.05) is 6.92 Å². The zero-order valence-electron chi connectivity index (χ0n) is 18.2. The summed E-state index contributed by atoms with van der Waals surface area (Å²) >= 11 is 1.78. The van der Waals surface area contributed by atoms with Gasteiger partial charge < -0.3 is 9.80 Å². The van der Waals surface area contributed by atoms with Crippen molar-refractivity contribution in [3.63, 3.8) is 0 Å². The quantitative estimate of drug-likeness (QED) is 0.731. The van der Waals surface area contributed by atoms with Crippen LogP contribution in [-0.4, -0.2) is 47.0 Å². The smallest absolute Gasteiger partial charge is 0.228 e. The highest BCUT2D eigenvalue weighted by atomic mass is 32.1. The first-order chi connectivity index (χ1) is 14.5. The van der Waals surface area contributed by atoms with Gasteiger partial charge >= 0.3 is 0 Å². The van der Waals surface area contributed by atoms with Crippen LogP contribution >= 0.6 is 11.3 Å². The molecule has 7 rings (SSSR count). The van der Waals surface area contributed by atoms with Gasteiger partial charge in [-0.15, -0.1) is 11.3 Å². The fraction of sp³-hybridized carbons (Fsp3) is 0.708. The molecule has 0 spiro atoms. The van der Waals surface area contributed by atoms with Crippen molar-refractivity contribution in [2.75, 3.05) is 31.1 Å². The number of carbonyl (C=O) groups excluding carboxylic acids is 1. The first kappa shape index (κ1) is 19.0. The van der Waals surface area contributed by atoms with Crippen LogP contribution in [0.3, 0.4) is 0 Å². The average Bonchev–Trinajstić information content (AvgIpc) is 3.15. The Labute approximate surface area is 182 Å². The second-order valence-electron chi connectivity index (χ2n) is 10.4. The molecule has 1 aliphatic heterocycles. The number of fused-ring (bicyclic) bond motifs is 1. The van der Waals surface area contributed by atoms with E-state index in [1.807, 2.05) is 6.92 Å². The minimum Gasteiger partial charge on any atom is -0.352 e. The Morgan fingerprint density at radius 2 is 1.70 bits per heavy atom. The van der Waals surface area contributed by atoms with Crippen molar-refractivity contribution in [3.8, 4) is 0 Å². The number of thiophene rings is 1. The summed E-state index contributed by atoms with van der Waals surface area (Å²) in [7, 11) is 0. The second-order valence-corrected chi connectivity index (χ2v) is 11.5. The Morgan fingerprint density at radius 1 is 1.07 bits per heavy atom. The third-order valence-electron chi connectivity index (χ3n) is 8.24. The highest BCUT2D eigenvalue weighted by Crippen LogP contribution is 2.60. The van der Waals surface area contributed by atoms with E-state index in [9.17, 15) is 4.79 Å². The van der Waals surface area contributed by atoms with Crippen molar-refractivity contribution in [2.45, 2.75) is 58.8 Å². The number of aromatic nitrogens is 2. The van der Waals surface area contributed by atoms with Crippen molar-refractivity contribution in [1.29, 1.82) is 0 Å². The van der Waals surface area contributed by atoms with Crippen molar-refractivity contribution >= 4 is 33.3 Å². The third-order valence-corrected chi connectivity index (χ3v) is 9.42. The van der Waals surface area contributed by atoms with E-state index in [0.29, 0.717) is 5.91 Å². The van der Waals surface area contributed by atoms with Gasteiger partial charge in [0.1, 0.15) is 16.5 Å². The molecule has 0 radical (unpaired) electrons. The lowest BCUT2D eigenvalue weighted by molar-refractivity contribution is -0.158. The molecule has 4 aliphatic carbocycles. The van der Waals surface area contributed by atoms with Crippen LogP contribution in [0.4, 0.5) is 5.82 Å². The summed E-state index contributed by atoms with van der Waals surface area (Å²) in [4.78, 5) is 30.2. The zero-order chi connectivity index (χ0) is 20.5. The number of aryl methyl sites for hydroxylation is 2. The summed E-state index contributed by atoms with van der Waals surface area (Å²) in [5.41, 5.74) is -0.0148. The molecule has 5 nitrogen and oxygen atoms in total. The first-order valence-electron chi connectivity index (χ1n) is 11.8. The molecule has 5 fully saturated rings. The minimum atomic E-state index is -0.0148. The first-order valence-corrected chi connectivity index (χ1v) is 12.7. The van der Waals surface area contributed by atoms with Crippen LogP contribution in [-0.2, 0) is 11.2 Å². The van der Waals surface area contributed by atoms with Gasteiger partial charge in [-0.25, -0.2) is 9.97 Å². The number of hydrogen-bond donors (Lipinski definition) is 0. The van der Waals surface area contributed by atoms with Crippen LogP contribution < -0.4 is 4.90 Å². The molecule has 5 aliphatic rings. The summed E-state index contributed by atoms with van der Waals surface area (Å²) in [6, 6.07) is 2.27. The zero-order valence-corrected chi connectivity index (χ0v) is 19.0. The minimum absolute atomic E-state index is 0.0148. The van der Waals surface area contributed by atoms with Crippen molar-refractivity contribution in [2.24, 2.45) is 23.2 Å². The molecule has 30 heavy (non-hydrogen) atoms. The van der Waals surface area contributed by atoms with E-state index in [0.717, 1.165) is 66.8 Å². The lowest BCUT2D eigenvalue weighted by Gasteiger charge is -2.57. The van der Waals surface area contributed by atoms with Crippen LogP contribution in [0.1, 0.15) is 56.2 Å². The number of nitrogens with zero attached hydrogens (tertiary/aromatic N) is 4. The van der Waals surface area contributed by atoms with E-state index < -0.39 is 0 Å². The maximum atomic E-state index is 13.7. The molecule has 1 amide bonds. The van der Waals surface area contributed by atoms with Gasteiger partial charge in [0, 0.05) is 31.1 Å². The largest absolute Gasteiger partial charge is 0.352 e. The maximum absolute atomic E-state index is 13.7. The molecule has 0 atom stereocenters. The van der Waals surface area contributed by atoms with Gasteiger partial charge in [-0.05, 0) is 75.7 Å². The Bertz CT molecular complexity index is 955. The SMILES string of the molecule is CCc1cc2c(N3CCN(C(=O)C45CC6CC(CC(C6)C4)C5)CC3)nc(C)nc2s1. The second kappa shape index (κ2) is 6.91. The topological polar surface area (TPSA) is 49.3 Å². The van der Waals surface area contributed by atoms with Gasteiger partial charge in [0.25, 0.3) is 0 Å². The molecule has 0 N–H and O–H groups in total. The summed E-state index contributed by atoms with van der Waals surface area (Å²) in [5, 5.41) is 1.18. The van der Waals surface area contributed by atoms with E-state index in [1.165, 1.54) is 48.8 Å². The summed E-state index contributed by atoms with van der Waals surface area (Å²) in [6.07, 6.45) is 8.71. The maximum Gasteiger partial charge on any atom is 0.228 e. The van der Waals surface area contributed by atoms with Crippen molar-refractivity contribution in [3.05, 3.63) is 16.8 Å². The molecular formula is C24H32N4OS. The summed E-state index contributed by atoms with van der Waals surface area (Å²) in [6.45, 7) is 7.59. The predicted octanol–water partition coefficient (Wildman–Crippen LogP) is 4.43. The molecule has 4 bridgehead atoms. The fourth-order valence-corrected chi connectivity index (χ4v) is 8.31. The third kappa shape index (κ3) is 2.97. The Balaban J connectivity index is 1.20. The van der Waals surface area contributed by atoms with Gasteiger partial charge in [-0.3, -0.25) is 4.79 Å². The van der Waals surface area contributed by atoms with E-state index >= 15 is 0 Å². The monoisotopic (exact) mass is 424 g/mol. The van der Waals surface area contributed by atoms with Crippen LogP contribution in [0.15, 0.2) is 6.07 Å². The number of hydrogen-bond acceptors (Lipinski definition) is 5. The van der Waals surface area contributed by atoms with Crippen molar-refractivity contribution < 1.29 is 4.79 Å². The molecule has 2 aromatic heterocycles. The Kier molecular flexibility index (Phi) is 4.38. The molecule has 0 unspecified atom stereocenters. The van der Waals surface area contributed by atoms with E-state index in [4.69, 9.17) is 4.98 Å². The standard InChI is InChI=1S/C24H32N4OS/c1-3-19-11-20-21(25-15(2)26-22(20)30-19)27-4-6-28(7-5-27)23(29)24-12-16-8-17(13-24)10-18(9-16)14-24/h11,16-18H,3-10,12-14H2,1-2H3. The summed E-state index contributed by atoms with van der Waals surface area (Å²) < 4.78 is 0. The van der Waals surface area contributed by atoms with Crippen LogP contribution in [0.5, 0.6) is 0 Å². The van der Waals surface area contributed by atoms with Crippen LogP contribution in [0, 0.1) is 30.1 Å². The predicted molar refractivity (Wildman–Crippen MR) is 121 cm³/mol. The number of carbonyl (C=O) groups is 1. The molecule has 6 heteroatoms. The van der Waals surface area contributed by atoms with E-state index in [1.54, 1.807) is 11.3 Å². The number of amides is 1. The highest BCUT2D eigenvalue weighted by molar-refractivity contribution is 7.18. The Hall–Kier alpha value is -1.69. The normalized spacial score (nSPS) is 32.9. The molecular weight excluding hydrogens is 392 g/mol. The fourth-order valence-electron chi connectivity index (χ4n) is 7.30. The molecule has 2 aromatic rings. The molecule has 3 heterocycles. The van der Waals surface area contributed by atoms with Gasteiger partial charge in [0.05, 0.1) is 10.8 Å². The Morgan fingerprint density at radius 3 is 2.30 bits per heavy atom. The van der Waals surface area contributed by atoms with Crippen LogP contribution in [0.2, 0.25) is 0 Å². The van der Waals surface area contributed by atoms with Gasteiger partial charge in [0.2, 0.25) is 5.91 Å². The highest BCUT2D eigenvalue weighted by Gasteiger charge is 2.55. The number of anilines is 1.